The molecule has 0 aromatic heterocycles. The zero-order chi connectivity index (χ0) is 13.1. The molecule has 0 aliphatic rings. The molecule has 94 valence electrons. The first kappa shape index (κ1) is 15.4. The van der Waals surface area contributed by atoms with Crippen molar-refractivity contribution < 1.29 is 9.53 Å². The summed E-state index contributed by atoms with van der Waals surface area (Å²) >= 11 is 0. The quantitative estimate of drug-likeness (QED) is 0.281. The fraction of sp³-hybridized carbons (Fsp3) is 0.429. The average Bonchev–Trinajstić information content (AvgIpc) is 2.27. The van der Waals surface area contributed by atoms with Crippen LogP contribution in [0, 0.1) is 0 Å². The van der Waals surface area contributed by atoms with Crippen molar-refractivity contribution in [3.05, 3.63) is 36.5 Å². The van der Waals surface area contributed by atoms with Crippen LogP contribution in [0.4, 0.5) is 0 Å². The van der Waals surface area contributed by atoms with E-state index >= 15 is 0 Å². The molecule has 0 aliphatic heterocycles. The summed E-state index contributed by atoms with van der Waals surface area (Å²) in [6, 6.07) is 0. The molecule has 0 amide bonds. The summed E-state index contributed by atoms with van der Waals surface area (Å²) in [4.78, 5) is 14.6. The molecule has 0 bridgehead atoms. The van der Waals surface area contributed by atoms with Gasteiger partial charge in [0.05, 0.1) is 6.54 Å². The molecule has 0 N–H and O–H groups in total. The van der Waals surface area contributed by atoms with Gasteiger partial charge in [-0.05, 0) is 25.3 Å². The molecule has 0 spiro atoms. The second kappa shape index (κ2) is 9.58. The van der Waals surface area contributed by atoms with E-state index in [-0.39, 0.29) is 5.97 Å². The molecule has 0 saturated heterocycles. The van der Waals surface area contributed by atoms with Crippen molar-refractivity contribution in [3.8, 4) is 0 Å². The Bertz CT molecular complexity index is 327. The monoisotopic (exact) mass is 235 g/mol. The SMILES string of the molecule is C=CC(=C)CC/C=C(C)/C=N/CCOC(C)=O. The van der Waals surface area contributed by atoms with Crippen molar-refractivity contribution in [1.29, 1.82) is 0 Å². The Morgan fingerprint density at radius 2 is 2.12 bits per heavy atom. The minimum atomic E-state index is -0.268. The number of carbonyl (C=O) groups excluding carboxylic acids is 1. The van der Waals surface area contributed by atoms with Crippen LogP contribution >= 0.6 is 0 Å². The molecule has 0 radical (unpaired) electrons. The molecular formula is C14H21NO2. The Morgan fingerprint density at radius 1 is 1.41 bits per heavy atom. The van der Waals surface area contributed by atoms with Crippen molar-refractivity contribution in [3.63, 3.8) is 0 Å². The smallest absolute Gasteiger partial charge is 0.302 e. The topological polar surface area (TPSA) is 38.7 Å². The van der Waals surface area contributed by atoms with Gasteiger partial charge >= 0.3 is 5.97 Å². The molecule has 17 heavy (non-hydrogen) atoms. The molecule has 0 aromatic carbocycles. The minimum Gasteiger partial charge on any atom is -0.464 e. The number of nitrogens with zero attached hydrogens (tertiary/aromatic N) is 1. The lowest BCUT2D eigenvalue weighted by atomic mass is 10.1. The fourth-order valence-electron chi connectivity index (χ4n) is 1.09. The van der Waals surface area contributed by atoms with E-state index in [1.807, 2.05) is 6.92 Å². The second-order valence-corrected chi connectivity index (χ2v) is 3.72. The Balaban J connectivity index is 3.75. The second-order valence-electron chi connectivity index (χ2n) is 3.72. The standard InChI is InChI=1S/C14H21NO2/c1-5-12(2)7-6-8-13(3)11-15-9-10-17-14(4)16/h5,8,11H,1-2,6-7,9-10H2,3-4H3/b13-8+,15-11+. The van der Waals surface area contributed by atoms with Gasteiger partial charge in [0, 0.05) is 13.1 Å². The van der Waals surface area contributed by atoms with Gasteiger partial charge < -0.3 is 4.74 Å². The van der Waals surface area contributed by atoms with Crippen LogP contribution in [0.25, 0.3) is 0 Å². The Hall–Kier alpha value is -1.64. The van der Waals surface area contributed by atoms with Gasteiger partial charge in [-0.1, -0.05) is 30.9 Å². The van der Waals surface area contributed by atoms with Crippen LogP contribution in [-0.4, -0.2) is 25.3 Å². The first-order valence-electron chi connectivity index (χ1n) is 5.66. The van der Waals surface area contributed by atoms with Gasteiger partial charge in [0.2, 0.25) is 0 Å². The molecule has 0 heterocycles. The first-order valence-corrected chi connectivity index (χ1v) is 5.66. The highest BCUT2D eigenvalue weighted by Crippen LogP contribution is 2.05. The molecular weight excluding hydrogens is 214 g/mol. The van der Waals surface area contributed by atoms with Crippen LogP contribution in [0.1, 0.15) is 26.7 Å². The average molecular weight is 235 g/mol. The Morgan fingerprint density at radius 3 is 2.71 bits per heavy atom. The first-order chi connectivity index (χ1) is 8.06. The van der Waals surface area contributed by atoms with E-state index in [1.54, 1.807) is 12.3 Å². The number of esters is 1. The molecule has 0 atom stereocenters. The summed E-state index contributed by atoms with van der Waals surface area (Å²) in [6.45, 7) is 11.7. The van der Waals surface area contributed by atoms with E-state index in [9.17, 15) is 4.79 Å². The molecule has 0 aliphatic carbocycles. The van der Waals surface area contributed by atoms with Crippen LogP contribution in [0.2, 0.25) is 0 Å². The number of ether oxygens (including phenoxy) is 1. The van der Waals surface area contributed by atoms with Gasteiger partial charge in [-0.25, -0.2) is 0 Å². The molecule has 0 rings (SSSR count). The summed E-state index contributed by atoms with van der Waals surface area (Å²) in [5, 5.41) is 0. The highest BCUT2D eigenvalue weighted by molar-refractivity contribution is 5.77. The largest absolute Gasteiger partial charge is 0.464 e. The lowest BCUT2D eigenvalue weighted by molar-refractivity contribution is -0.140. The Labute approximate surface area is 104 Å². The molecule has 0 unspecified atom stereocenters. The van der Waals surface area contributed by atoms with Gasteiger partial charge in [0.25, 0.3) is 0 Å². The third-order valence-electron chi connectivity index (χ3n) is 2.04. The Kier molecular flexibility index (Phi) is 8.65. The van der Waals surface area contributed by atoms with Crippen molar-refractivity contribution >= 4 is 12.2 Å². The predicted molar refractivity (Wildman–Crippen MR) is 72.3 cm³/mol. The van der Waals surface area contributed by atoms with Gasteiger partial charge in [0.15, 0.2) is 0 Å². The third-order valence-corrected chi connectivity index (χ3v) is 2.04. The normalized spacial score (nSPS) is 11.5. The molecule has 0 saturated carbocycles. The van der Waals surface area contributed by atoms with Crippen molar-refractivity contribution in [1.82, 2.24) is 0 Å². The lowest BCUT2D eigenvalue weighted by Crippen LogP contribution is -2.03. The zero-order valence-electron chi connectivity index (χ0n) is 10.7. The molecule has 3 nitrogen and oxygen atoms in total. The van der Waals surface area contributed by atoms with Gasteiger partial charge in [-0.15, -0.1) is 0 Å². The third kappa shape index (κ3) is 10.6. The highest BCUT2D eigenvalue weighted by Gasteiger charge is 1.90. The maximum Gasteiger partial charge on any atom is 0.302 e. The zero-order valence-corrected chi connectivity index (χ0v) is 10.7. The maximum atomic E-state index is 10.5. The number of hydrogen-bond acceptors (Lipinski definition) is 3. The molecule has 0 aromatic rings. The van der Waals surface area contributed by atoms with Crippen molar-refractivity contribution in [2.45, 2.75) is 26.7 Å². The van der Waals surface area contributed by atoms with Crippen LogP contribution < -0.4 is 0 Å². The predicted octanol–water partition coefficient (Wildman–Crippen LogP) is 3.09. The van der Waals surface area contributed by atoms with E-state index in [2.05, 4.69) is 24.2 Å². The van der Waals surface area contributed by atoms with Crippen LogP contribution in [0.3, 0.4) is 0 Å². The van der Waals surface area contributed by atoms with E-state index in [1.165, 1.54) is 6.92 Å². The number of rotatable bonds is 8. The van der Waals surface area contributed by atoms with Crippen LogP contribution in [-0.2, 0) is 9.53 Å². The fourth-order valence-corrected chi connectivity index (χ4v) is 1.09. The minimum absolute atomic E-state index is 0.268. The summed E-state index contributed by atoms with van der Waals surface area (Å²) in [7, 11) is 0. The molecule has 3 heteroatoms. The van der Waals surface area contributed by atoms with Gasteiger partial charge in [0.1, 0.15) is 6.61 Å². The summed E-state index contributed by atoms with van der Waals surface area (Å²) in [6.07, 6.45) is 7.52. The van der Waals surface area contributed by atoms with Gasteiger partial charge in [-0.2, -0.15) is 0 Å². The van der Waals surface area contributed by atoms with Crippen molar-refractivity contribution in [2.75, 3.05) is 13.2 Å². The van der Waals surface area contributed by atoms with E-state index in [0.29, 0.717) is 13.2 Å². The number of carbonyl (C=O) groups is 1. The maximum absolute atomic E-state index is 10.5. The summed E-state index contributed by atoms with van der Waals surface area (Å²) in [5.74, 6) is -0.268. The number of aliphatic imine (C=N–C) groups is 1. The summed E-state index contributed by atoms with van der Waals surface area (Å²) in [5.41, 5.74) is 2.14. The van der Waals surface area contributed by atoms with E-state index in [0.717, 1.165) is 24.0 Å². The number of hydrogen-bond donors (Lipinski definition) is 0. The van der Waals surface area contributed by atoms with Crippen molar-refractivity contribution in [2.24, 2.45) is 4.99 Å². The van der Waals surface area contributed by atoms with Gasteiger partial charge in [-0.3, -0.25) is 9.79 Å². The number of allylic oxidation sites excluding steroid dienone is 4. The lowest BCUT2D eigenvalue weighted by Gasteiger charge is -1.98. The highest BCUT2D eigenvalue weighted by atomic mass is 16.5. The van der Waals surface area contributed by atoms with Crippen LogP contribution in [0.5, 0.6) is 0 Å². The van der Waals surface area contributed by atoms with E-state index in [4.69, 9.17) is 4.74 Å². The van der Waals surface area contributed by atoms with E-state index < -0.39 is 0 Å². The molecule has 0 fully saturated rings. The summed E-state index contributed by atoms with van der Waals surface area (Å²) < 4.78 is 4.76. The van der Waals surface area contributed by atoms with Crippen LogP contribution in [0.15, 0.2) is 41.4 Å².